The van der Waals surface area contributed by atoms with E-state index in [1.165, 1.54) is 6.92 Å². The summed E-state index contributed by atoms with van der Waals surface area (Å²) in [5, 5.41) is 11.3. The average molecular weight is 201 g/mol. The summed E-state index contributed by atoms with van der Waals surface area (Å²) in [6.45, 7) is 7.34. The predicted octanol–water partition coefficient (Wildman–Crippen LogP) is 1.26. The summed E-state index contributed by atoms with van der Waals surface area (Å²) in [6.07, 6.45) is 0.961. The van der Waals surface area contributed by atoms with Gasteiger partial charge in [-0.25, -0.2) is 0 Å². The Morgan fingerprint density at radius 3 is 2.14 bits per heavy atom. The smallest absolute Gasteiger partial charge is 0.315 e. The van der Waals surface area contributed by atoms with Crippen LogP contribution >= 0.6 is 0 Å². The fourth-order valence-electron chi connectivity index (χ4n) is 0.957. The first-order chi connectivity index (χ1) is 6.40. The van der Waals surface area contributed by atoms with Gasteiger partial charge in [0.25, 0.3) is 0 Å². The van der Waals surface area contributed by atoms with Crippen LogP contribution in [0.25, 0.3) is 0 Å². The summed E-state index contributed by atoms with van der Waals surface area (Å²) in [4.78, 5) is 21.8. The number of carboxylic acids is 1. The molecule has 14 heavy (non-hydrogen) atoms. The fourth-order valence-corrected chi connectivity index (χ4v) is 0.957. The SMILES string of the molecule is CCC(C)C(C)NC(=O)C(C)C(=O)O. The number of hydrogen-bond donors (Lipinski definition) is 2. The topological polar surface area (TPSA) is 66.4 Å². The van der Waals surface area contributed by atoms with Crippen molar-refractivity contribution in [2.45, 2.75) is 40.2 Å². The van der Waals surface area contributed by atoms with E-state index in [0.29, 0.717) is 5.92 Å². The van der Waals surface area contributed by atoms with Crippen molar-refractivity contribution in [2.75, 3.05) is 0 Å². The zero-order chi connectivity index (χ0) is 11.3. The lowest BCUT2D eigenvalue weighted by Gasteiger charge is -2.20. The number of carbonyl (C=O) groups is 2. The average Bonchev–Trinajstić information content (AvgIpc) is 2.14. The van der Waals surface area contributed by atoms with Gasteiger partial charge in [0.1, 0.15) is 5.92 Å². The standard InChI is InChI=1S/C10H19NO3/c1-5-6(2)8(4)11-9(12)7(3)10(13)14/h6-8H,5H2,1-4H3,(H,11,12)(H,13,14). The van der Waals surface area contributed by atoms with Gasteiger partial charge in [-0.2, -0.15) is 0 Å². The molecule has 4 nitrogen and oxygen atoms in total. The van der Waals surface area contributed by atoms with Gasteiger partial charge in [-0.3, -0.25) is 9.59 Å². The molecule has 0 rings (SSSR count). The van der Waals surface area contributed by atoms with E-state index in [1.54, 1.807) is 0 Å². The highest BCUT2D eigenvalue weighted by atomic mass is 16.4. The molecule has 2 N–H and O–H groups in total. The zero-order valence-corrected chi connectivity index (χ0v) is 9.20. The summed E-state index contributed by atoms with van der Waals surface area (Å²) in [5.74, 6) is -2.11. The first kappa shape index (κ1) is 12.9. The second kappa shape index (κ2) is 5.62. The summed E-state index contributed by atoms with van der Waals surface area (Å²) in [6, 6.07) is 0.0225. The van der Waals surface area contributed by atoms with E-state index in [1.807, 2.05) is 20.8 Å². The molecule has 1 amide bonds. The molecule has 0 saturated heterocycles. The number of carboxylic acid groups (broad SMARTS) is 1. The lowest BCUT2D eigenvalue weighted by atomic mass is 10.00. The molecule has 0 aromatic heterocycles. The van der Waals surface area contributed by atoms with Crippen molar-refractivity contribution in [2.24, 2.45) is 11.8 Å². The molecular weight excluding hydrogens is 182 g/mol. The molecule has 0 aliphatic rings. The summed E-state index contributed by atoms with van der Waals surface area (Å²) in [7, 11) is 0. The molecule has 0 aromatic rings. The van der Waals surface area contributed by atoms with Crippen LogP contribution in [0.3, 0.4) is 0 Å². The van der Waals surface area contributed by atoms with E-state index in [-0.39, 0.29) is 6.04 Å². The van der Waals surface area contributed by atoms with Crippen molar-refractivity contribution >= 4 is 11.9 Å². The minimum atomic E-state index is -1.08. The van der Waals surface area contributed by atoms with E-state index in [2.05, 4.69) is 5.32 Å². The maximum absolute atomic E-state index is 11.3. The van der Waals surface area contributed by atoms with Gasteiger partial charge in [0, 0.05) is 6.04 Å². The van der Waals surface area contributed by atoms with Crippen molar-refractivity contribution in [1.29, 1.82) is 0 Å². The van der Waals surface area contributed by atoms with E-state index >= 15 is 0 Å². The quantitative estimate of drug-likeness (QED) is 0.658. The molecule has 82 valence electrons. The summed E-state index contributed by atoms with van der Waals surface area (Å²) in [5.41, 5.74) is 0. The molecule has 0 radical (unpaired) electrons. The highest BCUT2D eigenvalue weighted by Gasteiger charge is 2.22. The third-order valence-electron chi connectivity index (χ3n) is 2.63. The van der Waals surface area contributed by atoms with Crippen molar-refractivity contribution < 1.29 is 14.7 Å². The lowest BCUT2D eigenvalue weighted by molar-refractivity contribution is -0.146. The molecule has 4 heteroatoms. The van der Waals surface area contributed by atoms with Gasteiger partial charge < -0.3 is 10.4 Å². The number of aliphatic carboxylic acids is 1. The zero-order valence-electron chi connectivity index (χ0n) is 9.20. The van der Waals surface area contributed by atoms with Gasteiger partial charge in [-0.05, 0) is 19.8 Å². The normalized spacial score (nSPS) is 16.9. The maximum atomic E-state index is 11.3. The number of hydrogen-bond acceptors (Lipinski definition) is 2. The Morgan fingerprint density at radius 1 is 1.29 bits per heavy atom. The molecule has 0 aliphatic carbocycles. The minimum Gasteiger partial charge on any atom is -0.481 e. The molecule has 0 fully saturated rings. The number of amides is 1. The van der Waals surface area contributed by atoms with Crippen molar-refractivity contribution in [1.82, 2.24) is 5.32 Å². The minimum absolute atomic E-state index is 0.0225. The molecule has 3 unspecified atom stereocenters. The Balaban J connectivity index is 4.12. The predicted molar refractivity (Wildman–Crippen MR) is 53.9 cm³/mol. The first-order valence-electron chi connectivity index (χ1n) is 4.93. The maximum Gasteiger partial charge on any atom is 0.315 e. The van der Waals surface area contributed by atoms with Crippen LogP contribution in [-0.2, 0) is 9.59 Å². The van der Waals surface area contributed by atoms with Crippen LogP contribution in [-0.4, -0.2) is 23.0 Å². The van der Waals surface area contributed by atoms with Gasteiger partial charge >= 0.3 is 5.97 Å². The Kier molecular flexibility index (Phi) is 5.20. The van der Waals surface area contributed by atoms with Crippen LogP contribution in [0.15, 0.2) is 0 Å². The van der Waals surface area contributed by atoms with Crippen LogP contribution < -0.4 is 5.32 Å². The van der Waals surface area contributed by atoms with Gasteiger partial charge in [0.15, 0.2) is 0 Å². The third kappa shape index (κ3) is 3.77. The Labute approximate surface area is 84.7 Å². The van der Waals surface area contributed by atoms with Crippen molar-refractivity contribution in [3.05, 3.63) is 0 Å². The largest absolute Gasteiger partial charge is 0.481 e. The molecule has 0 aliphatic heterocycles. The van der Waals surface area contributed by atoms with Gasteiger partial charge in [-0.15, -0.1) is 0 Å². The van der Waals surface area contributed by atoms with E-state index < -0.39 is 17.8 Å². The van der Waals surface area contributed by atoms with E-state index in [9.17, 15) is 9.59 Å². The van der Waals surface area contributed by atoms with Gasteiger partial charge in [0.05, 0.1) is 0 Å². The highest BCUT2D eigenvalue weighted by molar-refractivity contribution is 5.96. The Morgan fingerprint density at radius 2 is 1.79 bits per heavy atom. The number of carbonyl (C=O) groups excluding carboxylic acids is 1. The van der Waals surface area contributed by atoms with Crippen molar-refractivity contribution in [3.8, 4) is 0 Å². The molecule has 3 atom stereocenters. The third-order valence-corrected chi connectivity index (χ3v) is 2.63. The number of nitrogens with one attached hydrogen (secondary N) is 1. The van der Waals surface area contributed by atoms with E-state index in [4.69, 9.17) is 5.11 Å². The molecule has 0 heterocycles. The number of rotatable bonds is 5. The molecule has 0 saturated carbocycles. The highest BCUT2D eigenvalue weighted by Crippen LogP contribution is 2.07. The second-order valence-electron chi connectivity index (χ2n) is 3.74. The van der Waals surface area contributed by atoms with Crippen LogP contribution in [0.4, 0.5) is 0 Å². The van der Waals surface area contributed by atoms with Gasteiger partial charge in [-0.1, -0.05) is 20.3 Å². The fraction of sp³-hybridized carbons (Fsp3) is 0.800. The van der Waals surface area contributed by atoms with E-state index in [0.717, 1.165) is 6.42 Å². The van der Waals surface area contributed by atoms with Gasteiger partial charge in [0.2, 0.25) is 5.91 Å². The molecular formula is C10H19NO3. The van der Waals surface area contributed by atoms with Crippen molar-refractivity contribution in [3.63, 3.8) is 0 Å². The summed E-state index contributed by atoms with van der Waals surface area (Å²) >= 11 is 0. The van der Waals surface area contributed by atoms with Crippen LogP contribution in [0.2, 0.25) is 0 Å². The lowest BCUT2D eigenvalue weighted by Crippen LogP contribution is -2.41. The monoisotopic (exact) mass is 201 g/mol. The molecule has 0 spiro atoms. The molecule has 0 aromatic carbocycles. The summed E-state index contributed by atoms with van der Waals surface area (Å²) < 4.78 is 0. The van der Waals surface area contributed by atoms with Crippen LogP contribution in [0, 0.1) is 11.8 Å². The second-order valence-corrected chi connectivity index (χ2v) is 3.74. The van der Waals surface area contributed by atoms with Crippen LogP contribution in [0.5, 0.6) is 0 Å². The van der Waals surface area contributed by atoms with Crippen LogP contribution in [0.1, 0.15) is 34.1 Å². The Bertz CT molecular complexity index is 215. The Hall–Kier alpha value is -1.06. The molecule has 0 bridgehead atoms. The first-order valence-corrected chi connectivity index (χ1v) is 4.93.